The Kier molecular flexibility index (Phi) is 2.63. The summed E-state index contributed by atoms with van der Waals surface area (Å²) in [5.41, 5.74) is 1.30. The summed E-state index contributed by atoms with van der Waals surface area (Å²) < 4.78 is 5.41. The van der Waals surface area contributed by atoms with Gasteiger partial charge < -0.3 is 4.74 Å². The van der Waals surface area contributed by atoms with Gasteiger partial charge in [-0.1, -0.05) is 44.2 Å². The van der Waals surface area contributed by atoms with Crippen molar-refractivity contribution in [1.82, 2.24) is 0 Å². The van der Waals surface area contributed by atoms with Crippen LogP contribution in [0.2, 0.25) is 0 Å². The van der Waals surface area contributed by atoms with Crippen molar-refractivity contribution in [2.45, 2.75) is 19.8 Å². The number of benzene rings is 2. The number of rotatable bonds is 2. The van der Waals surface area contributed by atoms with Crippen molar-refractivity contribution in [3.8, 4) is 5.75 Å². The van der Waals surface area contributed by atoms with Crippen LogP contribution in [0.4, 0.5) is 0 Å². The van der Waals surface area contributed by atoms with Crippen LogP contribution in [0, 0.1) is 0 Å². The summed E-state index contributed by atoms with van der Waals surface area (Å²) in [4.78, 5) is 0. The molecule has 0 radical (unpaired) electrons. The average Bonchev–Trinajstić information content (AvgIpc) is 2.27. The molecular weight excluding hydrogens is 184 g/mol. The van der Waals surface area contributed by atoms with Crippen LogP contribution in [-0.4, -0.2) is 7.11 Å². The predicted octanol–water partition coefficient (Wildman–Crippen LogP) is 3.97. The largest absolute Gasteiger partial charge is 0.496 e. The minimum Gasteiger partial charge on any atom is -0.496 e. The lowest BCUT2D eigenvalue weighted by Crippen LogP contribution is -1.95. The molecule has 0 amide bonds. The van der Waals surface area contributed by atoms with E-state index >= 15 is 0 Å². The molecule has 2 rings (SSSR count). The van der Waals surface area contributed by atoms with Crippen LogP contribution in [0.15, 0.2) is 36.4 Å². The normalized spacial score (nSPS) is 10.9. The lowest BCUT2D eigenvalue weighted by molar-refractivity contribution is 0.408. The van der Waals surface area contributed by atoms with Gasteiger partial charge in [-0.05, 0) is 22.8 Å². The van der Waals surface area contributed by atoms with E-state index in [1.54, 1.807) is 7.11 Å². The van der Waals surface area contributed by atoms with Crippen LogP contribution >= 0.6 is 0 Å². The molecule has 0 fully saturated rings. The summed E-state index contributed by atoms with van der Waals surface area (Å²) in [6, 6.07) is 12.6. The first-order valence-electron chi connectivity index (χ1n) is 5.29. The van der Waals surface area contributed by atoms with E-state index in [9.17, 15) is 0 Å². The Labute approximate surface area is 90.7 Å². The molecule has 2 aromatic rings. The zero-order chi connectivity index (χ0) is 10.8. The van der Waals surface area contributed by atoms with E-state index < -0.39 is 0 Å². The SMILES string of the molecule is COc1ccc2ccccc2c1C(C)C. The molecule has 0 aromatic heterocycles. The molecule has 0 heterocycles. The summed E-state index contributed by atoms with van der Waals surface area (Å²) in [6.07, 6.45) is 0. The Morgan fingerprint density at radius 2 is 1.73 bits per heavy atom. The molecule has 0 saturated carbocycles. The lowest BCUT2D eigenvalue weighted by atomic mass is 9.95. The van der Waals surface area contributed by atoms with Crippen molar-refractivity contribution in [2.75, 3.05) is 7.11 Å². The van der Waals surface area contributed by atoms with Gasteiger partial charge in [-0.15, -0.1) is 0 Å². The molecule has 1 nitrogen and oxygen atoms in total. The van der Waals surface area contributed by atoms with Crippen molar-refractivity contribution in [2.24, 2.45) is 0 Å². The van der Waals surface area contributed by atoms with Crippen molar-refractivity contribution >= 4 is 10.8 Å². The van der Waals surface area contributed by atoms with Gasteiger partial charge in [0.1, 0.15) is 5.75 Å². The second-order valence-corrected chi connectivity index (χ2v) is 4.06. The Balaban J connectivity index is 2.79. The van der Waals surface area contributed by atoms with E-state index in [0.29, 0.717) is 5.92 Å². The molecule has 0 spiro atoms. The minimum absolute atomic E-state index is 0.478. The summed E-state index contributed by atoms with van der Waals surface area (Å²) in [6.45, 7) is 4.40. The van der Waals surface area contributed by atoms with E-state index in [1.807, 2.05) is 0 Å². The third kappa shape index (κ3) is 1.70. The second kappa shape index (κ2) is 3.93. The number of hydrogen-bond donors (Lipinski definition) is 0. The number of fused-ring (bicyclic) bond motifs is 1. The van der Waals surface area contributed by atoms with E-state index in [-0.39, 0.29) is 0 Å². The van der Waals surface area contributed by atoms with Crippen molar-refractivity contribution in [3.63, 3.8) is 0 Å². The zero-order valence-corrected chi connectivity index (χ0v) is 9.45. The van der Waals surface area contributed by atoms with Gasteiger partial charge in [-0.3, -0.25) is 0 Å². The highest BCUT2D eigenvalue weighted by Crippen LogP contribution is 2.33. The highest BCUT2D eigenvalue weighted by atomic mass is 16.5. The molecule has 1 heteroatoms. The van der Waals surface area contributed by atoms with Crippen LogP contribution in [0.5, 0.6) is 5.75 Å². The van der Waals surface area contributed by atoms with E-state index in [0.717, 1.165) is 5.75 Å². The fourth-order valence-electron chi connectivity index (χ4n) is 2.05. The predicted molar refractivity (Wildman–Crippen MR) is 64.6 cm³/mol. The zero-order valence-electron chi connectivity index (χ0n) is 9.45. The maximum absolute atomic E-state index is 5.41. The Bertz CT molecular complexity index is 472. The number of methoxy groups -OCH3 is 1. The van der Waals surface area contributed by atoms with Gasteiger partial charge in [0.25, 0.3) is 0 Å². The quantitative estimate of drug-likeness (QED) is 0.712. The summed E-state index contributed by atoms with van der Waals surface area (Å²) >= 11 is 0. The summed E-state index contributed by atoms with van der Waals surface area (Å²) in [7, 11) is 1.73. The molecule has 0 bridgehead atoms. The molecule has 0 atom stereocenters. The van der Waals surface area contributed by atoms with Gasteiger partial charge in [-0.25, -0.2) is 0 Å². The molecule has 0 aliphatic rings. The van der Waals surface area contributed by atoms with Crippen LogP contribution < -0.4 is 4.74 Å². The molecular formula is C14H16O. The molecule has 0 unspecified atom stereocenters. The highest BCUT2D eigenvalue weighted by molar-refractivity contribution is 5.88. The Morgan fingerprint density at radius 3 is 2.40 bits per heavy atom. The molecule has 0 aliphatic carbocycles. The van der Waals surface area contributed by atoms with Crippen molar-refractivity contribution < 1.29 is 4.74 Å². The third-order valence-corrected chi connectivity index (χ3v) is 2.73. The van der Waals surface area contributed by atoms with Gasteiger partial charge in [0.2, 0.25) is 0 Å². The van der Waals surface area contributed by atoms with E-state index in [4.69, 9.17) is 4.74 Å². The first-order chi connectivity index (χ1) is 7.24. The fourth-order valence-corrected chi connectivity index (χ4v) is 2.05. The van der Waals surface area contributed by atoms with Gasteiger partial charge in [-0.2, -0.15) is 0 Å². The second-order valence-electron chi connectivity index (χ2n) is 4.06. The van der Waals surface area contributed by atoms with Crippen molar-refractivity contribution in [3.05, 3.63) is 42.0 Å². The standard InChI is InChI=1S/C14H16O/c1-10(2)14-12-7-5-4-6-11(12)8-9-13(14)15-3/h4-10H,1-3H3. The molecule has 15 heavy (non-hydrogen) atoms. The smallest absolute Gasteiger partial charge is 0.122 e. The Hall–Kier alpha value is -1.50. The molecule has 0 N–H and O–H groups in total. The monoisotopic (exact) mass is 200 g/mol. The van der Waals surface area contributed by atoms with Gasteiger partial charge in [0, 0.05) is 5.56 Å². The topological polar surface area (TPSA) is 9.23 Å². The molecule has 0 aliphatic heterocycles. The maximum Gasteiger partial charge on any atom is 0.122 e. The fraction of sp³-hybridized carbons (Fsp3) is 0.286. The summed E-state index contributed by atoms with van der Waals surface area (Å²) in [5, 5.41) is 2.58. The molecule has 2 aromatic carbocycles. The van der Waals surface area contributed by atoms with Crippen LogP contribution in [0.1, 0.15) is 25.3 Å². The molecule has 78 valence electrons. The van der Waals surface area contributed by atoms with Crippen molar-refractivity contribution in [1.29, 1.82) is 0 Å². The number of hydrogen-bond acceptors (Lipinski definition) is 1. The average molecular weight is 200 g/mol. The van der Waals surface area contributed by atoms with Gasteiger partial charge >= 0.3 is 0 Å². The Morgan fingerprint density at radius 1 is 1.00 bits per heavy atom. The van der Waals surface area contributed by atoms with E-state index in [2.05, 4.69) is 50.2 Å². The van der Waals surface area contributed by atoms with E-state index in [1.165, 1.54) is 16.3 Å². The number of ether oxygens (including phenoxy) is 1. The van der Waals surface area contributed by atoms with Crippen LogP contribution in [-0.2, 0) is 0 Å². The first-order valence-corrected chi connectivity index (χ1v) is 5.29. The van der Waals surface area contributed by atoms with Gasteiger partial charge in [0.15, 0.2) is 0 Å². The first kappa shape index (κ1) is 10.0. The van der Waals surface area contributed by atoms with Crippen LogP contribution in [0.25, 0.3) is 10.8 Å². The lowest BCUT2D eigenvalue weighted by Gasteiger charge is -2.14. The minimum atomic E-state index is 0.478. The van der Waals surface area contributed by atoms with Gasteiger partial charge in [0.05, 0.1) is 7.11 Å². The third-order valence-electron chi connectivity index (χ3n) is 2.73. The highest BCUT2D eigenvalue weighted by Gasteiger charge is 2.10. The van der Waals surface area contributed by atoms with Crippen LogP contribution in [0.3, 0.4) is 0 Å². The summed E-state index contributed by atoms with van der Waals surface area (Å²) in [5.74, 6) is 1.47. The molecule has 0 saturated heterocycles. The maximum atomic E-state index is 5.41.